The van der Waals surface area contributed by atoms with Crippen LogP contribution in [0.15, 0.2) is 41.9 Å². The molecule has 0 bridgehead atoms. The number of hydrogen-bond acceptors (Lipinski definition) is 5. The van der Waals surface area contributed by atoms with Crippen LogP contribution in [-0.4, -0.2) is 30.1 Å². The molecule has 7 nitrogen and oxygen atoms in total. The number of sulfonamides is 1. The molecule has 3 rings (SSSR count). The van der Waals surface area contributed by atoms with Gasteiger partial charge in [-0.05, 0) is 31.5 Å². The van der Waals surface area contributed by atoms with Crippen LogP contribution in [0.5, 0.6) is 0 Å². The molecule has 0 aliphatic carbocycles. The largest absolute Gasteiger partial charge is 0.348 e. The molecule has 0 aliphatic rings. The average Bonchev–Trinajstić information content (AvgIpc) is 3.20. The van der Waals surface area contributed by atoms with E-state index in [1.165, 1.54) is 11.3 Å². The lowest BCUT2D eigenvalue weighted by molar-refractivity contribution is 0.0950. The first kappa shape index (κ1) is 19.1. The van der Waals surface area contributed by atoms with Crippen LogP contribution in [-0.2, 0) is 16.6 Å². The number of amides is 1. The molecule has 3 aromatic rings. The summed E-state index contributed by atoms with van der Waals surface area (Å²) in [5.41, 5.74) is 3.43. The van der Waals surface area contributed by atoms with Crippen molar-refractivity contribution < 1.29 is 13.2 Å². The summed E-state index contributed by atoms with van der Waals surface area (Å²) in [5.74, 6) is -0.222. The topological polar surface area (TPSA) is 93.1 Å². The van der Waals surface area contributed by atoms with Gasteiger partial charge in [0.25, 0.3) is 5.91 Å². The Morgan fingerprint density at radius 1 is 1.26 bits per heavy atom. The number of aromatic nitrogens is 2. The minimum Gasteiger partial charge on any atom is -0.348 e. The van der Waals surface area contributed by atoms with E-state index in [-0.39, 0.29) is 12.5 Å². The highest BCUT2D eigenvalue weighted by atomic mass is 32.2. The van der Waals surface area contributed by atoms with Crippen molar-refractivity contribution in [3.63, 3.8) is 0 Å². The Labute approximate surface area is 162 Å². The van der Waals surface area contributed by atoms with Gasteiger partial charge in [-0.25, -0.2) is 13.4 Å². The van der Waals surface area contributed by atoms with Crippen molar-refractivity contribution in [1.82, 2.24) is 14.9 Å². The van der Waals surface area contributed by atoms with Gasteiger partial charge in [0.05, 0.1) is 17.5 Å². The van der Waals surface area contributed by atoms with E-state index in [0.29, 0.717) is 16.8 Å². The van der Waals surface area contributed by atoms with Crippen molar-refractivity contribution in [2.24, 2.45) is 0 Å². The number of carbonyl (C=O) groups is 1. The number of rotatable bonds is 6. The van der Waals surface area contributed by atoms with Crippen LogP contribution >= 0.6 is 11.3 Å². The molecule has 1 aromatic carbocycles. The molecule has 2 aromatic heterocycles. The van der Waals surface area contributed by atoms with Gasteiger partial charge in [-0.3, -0.25) is 14.1 Å². The molecule has 0 radical (unpaired) electrons. The zero-order valence-corrected chi connectivity index (χ0v) is 16.8. The summed E-state index contributed by atoms with van der Waals surface area (Å²) in [4.78, 5) is 17.0. The Balaban J connectivity index is 1.79. The van der Waals surface area contributed by atoms with E-state index in [2.05, 4.69) is 15.0 Å². The summed E-state index contributed by atoms with van der Waals surface area (Å²) in [7, 11) is -3.40. The Bertz CT molecular complexity index is 1070. The molecule has 0 aliphatic heterocycles. The van der Waals surface area contributed by atoms with Crippen LogP contribution in [0.3, 0.4) is 0 Å². The maximum Gasteiger partial charge on any atom is 0.253 e. The summed E-state index contributed by atoms with van der Waals surface area (Å²) < 4.78 is 27.4. The zero-order valence-electron chi connectivity index (χ0n) is 15.2. The van der Waals surface area contributed by atoms with Crippen molar-refractivity contribution in [3.05, 3.63) is 64.4 Å². The van der Waals surface area contributed by atoms with Crippen LogP contribution in [0.25, 0.3) is 5.13 Å². The summed E-state index contributed by atoms with van der Waals surface area (Å²) in [6.45, 7) is 4.01. The quantitative estimate of drug-likeness (QED) is 0.661. The van der Waals surface area contributed by atoms with Gasteiger partial charge in [-0.2, -0.15) is 0 Å². The highest BCUT2D eigenvalue weighted by Gasteiger charge is 2.18. The van der Waals surface area contributed by atoms with Gasteiger partial charge in [0.1, 0.15) is 0 Å². The first-order chi connectivity index (χ1) is 12.8. The first-order valence-corrected chi connectivity index (χ1v) is 11.0. The minimum atomic E-state index is -3.40. The average molecular weight is 405 g/mol. The normalized spacial score (nSPS) is 11.4. The monoisotopic (exact) mass is 404 g/mol. The maximum atomic E-state index is 12.7. The van der Waals surface area contributed by atoms with Crippen molar-refractivity contribution in [2.45, 2.75) is 20.4 Å². The fraction of sp³-hybridized carbons (Fsp3) is 0.222. The van der Waals surface area contributed by atoms with Crippen molar-refractivity contribution >= 4 is 33.0 Å². The predicted octanol–water partition coefficient (Wildman–Crippen LogP) is 2.85. The van der Waals surface area contributed by atoms with Gasteiger partial charge >= 0.3 is 0 Å². The second-order valence-corrected chi connectivity index (χ2v) is 8.77. The van der Waals surface area contributed by atoms with Gasteiger partial charge in [-0.15, -0.1) is 11.3 Å². The predicted molar refractivity (Wildman–Crippen MR) is 107 cm³/mol. The Hall–Kier alpha value is -2.65. The van der Waals surface area contributed by atoms with Gasteiger partial charge in [-0.1, -0.05) is 18.2 Å². The first-order valence-electron chi connectivity index (χ1n) is 8.19. The molecule has 0 fully saturated rings. The van der Waals surface area contributed by atoms with Gasteiger partial charge in [0.15, 0.2) is 5.13 Å². The van der Waals surface area contributed by atoms with E-state index in [4.69, 9.17) is 0 Å². The van der Waals surface area contributed by atoms with Crippen LogP contribution in [0.2, 0.25) is 0 Å². The highest BCUT2D eigenvalue weighted by Crippen LogP contribution is 2.22. The van der Waals surface area contributed by atoms with E-state index >= 15 is 0 Å². The number of hydrogen-bond donors (Lipinski definition) is 2. The Morgan fingerprint density at radius 3 is 2.67 bits per heavy atom. The molecule has 0 atom stereocenters. The Morgan fingerprint density at radius 2 is 2.00 bits per heavy atom. The molecule has 2 heterocycles. The SMILES string of the molecule is Cc1cc(C(=O)NCc2ccccc2NS(C)(=O)=O)c(C)n1-c1nccs1. The van der Waals surface area contributed by atoms with Crippen molar-refractivity contribution in [2.75, 3.05) is 11.0 Å². The summed E-state index contributed by atoms with van der Waals surface area (Å²) >= 11 is 1.50. The lowest BCUT2D eigenvalue weighted by Crippen LogP contribution is -2.24. The number of benzene rings is 1. The lowest BCUT2D eigenvalue weighted by Gasteiger charge is -2.11. The smallest absolute Gasteiger partial charge is 0.253 e. The van der Waals surface area contributed by atoms with E-state index < -0.39 is 10.0 Å². The van der Waals surface area contributed by atoms with Gasteiger partial charge in [0, 0.05) is 29.5 Å². The molecule has 0 spiro atoms. The number of carbonyl (C=O) groups excluding carboxylic acids is 1. The van der Waals surface area contributed by atoms with E-state index in [0.717, 1.165) is 22.8 Å². The molecule has 0 saturated carbocycles. The number of anilines is 1. The maximum absolute atomic E-state index is 12.7. The summed E-state index contributed by atoms with van der Waals surface area (Å²) in [5, 5.41) is 5.56. The molecule has 142 valence electrons. The standard InChI is InChI=1S/C18H20N4O3S2/c1-12-10-15(13(2)22(12)18-19-8-9-26-18)17(23)20-11-14-6-4-5-7-16(14)21-27(3,24)25/h4-10,21H,11H2,1-3H3,(H,20,23). The molecule has 1 amide bonds. The number of aryl methyl sites for hydroxylation is 1. The number of nitrogens with one attached hydrogen (secondary N) is 2. The number of thiazole rings is 1. The van der Waals surface area contributed by atoms with E-state index in [9.17, 15) is 13.2 Å². The fourth-order valence-electron chi connectivity index (χ4n) is 2.86. The van der Waals surface area contributed by atoms with Crippen LogP contribution in [0.1, 0.15) is 27.3 Å². The van der Waals surface area contributed by atoms with Gasteiger partial charge < -0.3 is 5.32 Å². The van der Waals surface area contributed by atoms with Crippen LogP contribution < -0.4 is 10.0 Å². The molecule has 2 N–H and O–H groups in total. The molecule has 9 heteroatoms. The minimum absolute atomic E-state index is 0.207. The third kappa shape index (κ3) is 4.37. The van der Waals surface area contributed by atoms with Gasteiger partial charge in [0.2, 0.25) is 10.0 Å². The number of nitrogens with zero attached hydrogens (tertiary/aromatic N) is 2. The second kappa shape index (κ2) is 7.53. The third-order valence-electron chi connectivity index (χ3n) is 4.04. The zero-order chi connectivity index (χ0) is 19.6. The van der Waals surface area contributed by atoms with Crippen molar-refractivity contribution in [1.29, 1.82) is 0 Å². The van der Waals surface area contributed by atoms with Crippen LogP contribution in [0.4, 0.5) is 5.69 Å². The van der Waals surface area contributed by atoms with Crippen LogP contribution in [0, 0.1) is 13.8 Å². The van der Waals surface area contributed by atoms with E-state index in [1.807, 2.05) is 29.9 Å². The highest BCUT2D eigenvalue weighted by molar-refractivity contribution is 7.92. The summed E-state index contributed by atoms with van der Waals surface area (Å²) in [6, 6.07) is 8.79. The molecular weight excluding hydrogens is 384 g/mol. The summed E-state index contributed by atoms with van der Waals surface area (Å²) in [6.07, 6.45) is 2.82. The molecular formula is C18H20N4O3S2. The van der Waals surface area contributed by atoms with Crippen molar-refractivity contribution in [3.8, 4) is 5.13 Å². The third-order valence-corrected chi connectivity index (χ3v) is 5.39. The second-order valence-electron chi connectivity index (χ2n) is 6.15. The number of para-hydroxylation sites is 1. The lowest BCUT2D eigenvalue weighted by atomic mass is 10.1. The molecule has 27 heavy (non-hydrogen) atoms. The Kier molecular flexibility index (Phi) is 5.33. The van der Waals surface area contributed by atoms with E-state index in [1.54, 1.807) is 30.5 Å². The molecule has 0 saturated heterocycles. The fourth-order valence-corrected chi connectivity index (χ4v) is 4.21. The molecule has 0 unspecified atom stereocenters.